The van der Waals surface area contributed by atoms with Gasteiger partial charge < -0.3 is 16.0 Å². The zero-order chi connectivity index (χ0) is 13.3. The molecule has 2 rings (SSSR count). The summed E-state index contributed by atoms with van der Waals surface area (Å²) in [5, 5.41) is 2.86. The van der Waals surface area contributed by atoms with Crippen molar-refractivity contribution in [3.63, 3.8) is 0 Å². The molecule has 2 aliphatic rings. The van der Waals surface area contributed by atoms with Crippen molar-refractivity contribution in [2.75, 3.05) is 13.6 Å². The van der Waals surface area contributed by atoms with E-state index in [-0.39, 0.29) is 23.3 Å². The van der Waals surface area contributed by atoms with Crippen LogP contribution >= 0.6 is 12.2 Å². The van der Waals surface area contributed by atoms with Gasteiger partial charge in [-0.25, -0.2) is 0 Å². The van der Waals surface area contributed by atoms with Gasteiger partial charge in [-0.15, -0.1) is 0 Å². The van der Waals surface area contributed by atoms with Gasteiger partial charge in [0, 0.05) is 13.1 Å². The van der Waals surface area contributed by atoms with E-state index in [0.29, 0.717) is 18.9 Å². The highest BCUT2D eigenvalue weighted by Gasteiger charge is 2.48. The lowest BCUT2D eigenvalue weighted by molar-refractivity contribution is -0.143. The van der Waals surface area contributed by atoms with Gasteiger partial charge in [-0.05, 0) is 25.7 Å². The SMILES string of the molecule is CN(CC(=O)NC1CC1)C(=O)C1(C(N)=S)CCC1. The number of amides is 2. The van der Waals surface area contributed by atoms with Gasteiger partial charge in [-0.2, -0.15) is 0 Å². The molecule has 0 saturated heterocycles. The highest BCUT2D eigenvalue weighted by Crippen LogP contribution is 2.42. The van der Waals surface area contributed by atoms with Gasteiger partial charge in [0.25, 0.3) is 0 Å². The molecule has 2 fully saturated rings. The van der Waals surface area contributed by atoms with Crippen LogP contribution in [0.25, 0.3) is 0 Å². The van der Waals surface area contributed by atoms with E-state index in [9.17, 15) is 9.59 Å². The molecule has 2 saturated carbocycles. The first-order valence-corrected chi connectivity index (χ1v) is 6.71. The maximum absolute atomic E-state index is 12.3. The van der Waals surface area contributed by atoms with Crippen LogP contribution in [0.3, 0.4) is 0 Å². The third-order valence-electron chi connectivity index (χ3n) is 3.76. The number of carbonyl (C=O) groups excluding carboxylic acids is 2. The minimum Gasteiger partial charge on any atom is -0.392 e. The molecular formula is C12H19N3O2S. The summed E-state index contributed by atoms with van der Waals surface area (Å²) in [7, 11) is 1.63. The topological polar surface area (TPSA) is 75.4 Å². The van der Waals surface area contributed by atoms with E-state index in [2.05, 4.69) is 5.32 Å². The predicted octanol–water partition coefficient (Wildman–Crippen LogP) is 0.180. The number of likely N-dealkylation sites (N-methyl/N-ethyl adjacent to an activating group) is 1. The molecule has 0 unspecified atom stereocenters. The van der Waals surface area contributed by atoms with Gasteiger partial charge in [0.05, 0.1) is 16.9 Å². The largest absolute Gasteiger partial charge is 0.392 e. The van der Waals surface area contributed by atoms with Crippen molar-refractivity contribution >= 4 is 29.0 Å². The number of rotatable bonds is 5. The van der Waals surface area contributed by atoms with Crippen LogP contribution in [0.4, 0.5) is 0 Å². The maximum atomic E-state index is 12.3. The average molecular weight is 269 g/mol. The van der Waals surface area contributed by atoms with Crippen molar-refractivity contribution in [1.82, 2.24) is 10.2 Å². The standard InChI is InChI=1S/C12H19N3O2S/c1-15(7-9(16)14-8-3-4-8)11(17)12(10(13)18)5-2-6-12/h8H,2-7H2,1H3,(H2,13,18)(H,14,16). The van der Waals surface area contributed by atoms with Crippen molar-refractivity contribution in [2.24, 2.45) is 11.1 Å². The Morgan fingerprint density at radius 2 is 2.06 bits per heavy atom. The minimum atomic E-state index is -0.691. The number of thiocarbonyl (C=S) groups is 1. The lowest BCUT2D eigenvalue weighted by Gasteiger charge is -2.41. The lowest BCUT2D eigenvalue weighted by Crippen LogP contribution is -2.55. The number of nitrogens with two attached hydrogens (primary N) is 1. The first-order chi connectivity index (χ1) is 8.45. The molecule has 0 aliphatic heterocycles. The summed E-state index contributed by atoms with van der Waals surface area (Å²) < 4.78 is 0. The second-order valence-electron chi connectivity index (χ2n) is 5.30. The van der Waals surface area contributed by atoms with Crippen LogP contribution in [0, 0.1) is 5.41 Å². The van der Waals surface area contributed by atoms with Crippen molar-refractivity contribution in [1.29, 1.82) is 0 Å². The molecule has 18 heavy (non-hydrogen) atoms. The van der Waals surface area contributed by atoms with Gasteiger partial charge in [0.1, 0.15) is 0 Å². The molecule has 0 atom stereocenters. The molecule has 0 aromatic heterocycles. The molecule has 0 bridgehead atoms. The van der Waals surface area contributed by atoms with E-state index >= 15 is 0 Å². The molecular weight excluding hydrogens is 250 g/mol. The number of hydrogen-bond acceptors (Lipinski definition) is 3. The minimum absolute atomic E-state index is 0.0830. The van der Waals surface area contributed by atoms with Crippen LogP contribution in [0.1, 0.15) is 32.1 Å². The van der Waals surface area contributed by atoms with Crippen LogP contribution in [0.15, 0.2) is 0 Å². The molecule has 5 nitrogen and oxygen atoms in total. The molecule has 6 heteroatoms. The average Bonchev–Trinajstić information content (AvgIpc) is 2.98. The molecule has 0 heterocycles. The van der Waals surface area contributed by atoms with Crippen molar-refractivity contribution in [3.8, 4) is 0 Å². The van der Waals surface area contributed by atoms with Gasteiger partial charge >= 0.3 is 0 Å². The summed E-state index contributed by atoms with van der Waals surface area (Å²) in [5.41, 5.74) is 4.99. The van der Waals surface area contributed by atoms with E-state index in [4.69, 9.17) is 18.0 Å². The van der Waals surface area contributed by atoms with Crippen LogP contribution in [-0.2, 0) is 9.59 Å². The fourth-order valence-electron chi connectivity index (χ4n) is 2.25. The van der Waals surface area contributed by atoms with E-state index in [1.54, 1.807) is 7.05 Å². The Labute approximate surface area is 112 Å². The highest BCUT2D eigenvalue weighted by molar-refractivity contribution is 7.80. The van der Waals surface area contributed by atoms with E-state index in [1.807, 2.05) is 0 Å². The summed E-state index contributed by atoms with van der Waals surface area (Å²) in [4.78, 5) is 25.6. The monoisotopic (exact) mass is 269 g/mol. The lowest BCUT2D eigenvalue weighted by atomic mass is 9.67. The summed E-state index contributed by atoms with van der Waals surface area (Å²) in [6.07, 6.45) is 4.46. The zero-order valence-electron chi connectivity index (χ0n) is 10.6. The Balaban J connectivity index is 1.90. The van der Waals surface area contributed by atoms with Gasteiger partial charge in [-0.1, -0.05) is 18.6 Å². The summed E-state index contributed by atoms with van der Waals surface area (Å²) >= 11 is 5.00. The molecule has 0 spiro atoms. The maximum Gasteiger partial charge on any atom is 0.239 e. The Morgan fingerprint density at radius 3 is 2.44 bits per heavy atom. The molecule has 3 N–H and O–H groups in total. The van der Waals surface area contributed by atoms with Crippen molar-refractivity contribution in [3.05, 3.63) is 0 Å². The molecule has 2 aliphatic carbocycles. The first kappa shape index (κ1) is 13.3. The summed E-state index contributed by atoms with van der Waals surface area (Å²) in [5.74, 6) is -0.224. The molecule has 100 valence electrons. The second kappa shape index (κ2) is 4.84. The van der Waals surface area contributed by atoms with E-state index < -0.39 is 5.41 Å². The van der Waals surface area contributed by atoms with Gasteiger partial charge in [0.15, 0.2) is 0 Å². The van der Waals surface area contributed by atoms with E-state index in [0.717, 1.165) is 19.3 Å². The van der Waals surface area contributed by atoms with Crippen LogP contribution in [0.5, 0.6) is 0 Å². The van der Waals surface area contributed by atoms with E-state index in [1.165, 1.54) is 4.90 Å². The third-order valence-corrected chi connectivity index (χ3v) is 4.15. The van der Waals surface area contributed by atoms with Crippen LogP contribution < -0.4 is 11.1 Å². The first-order valence-electron chi connectivity index (χ1n) is 6.30. The Kier molecular flexibility index (Phi) is 3.56. The second-order valence-corrected chi connectivity index (χ2v) is 5.74. The van der Waals surface area contributed by atoms with Gasteiger partial charge in [-0.3, -0.25) is 9.59 Å². The summed E-state index contributed by atoms with van der Waals surface area (Å²) in [6, 6.07) is 0.314. The normalized spacial score (nSPS) is 20.7. The van der Waals surface area contributed by atoms with Crippen LogP contribution in [0.2, 0.25) is 0 Å². The molecule has 0 aromatic carbocycles. The number of nitrogens with one attached hydrogen (secondary N) is 1. The van der Waals surface area contributed by atoms with Crippen molar-refractivity contribution in [2.45, 2.75) is 38.1 Å². The van der Waals surface area contributed by atoms with Crippen LogP contribution in [-0.4, -0.2) is 41.3 Å². The fraction of sp³-hybridized carbons (Fsp3) is 0.750. The molecule has 0 radical (unpaired) electrons. The molecule has 2 amide bonds. The third kappa shape index (κ3) is 2.48. The Bertz CT molecular complexity index is 389. The molecule has 0 aromatic rings. The quantitative estimate of drug-likeness (QED) is 0.698. The van der Waals surface area contributed by atoms with Crippen molar-refractivity contribution < 1.29 is 9.59 Å². The zero-order valence-corrected chi connectivity index (χ0v) is 11.4. The smallest absolute Gasteiger partial charge is 0.239 e. The predicted molar refractivity (Wildman–Crippen MR) is 71.9 cm³/mol. The highest BCUT2D eigenvalue weighted by atomic mass is 32.1. The Morgan fingerprint density at radius 1 is 1.44 bits per heavy atom. The number of nitrogens with zero attached hydrogens (tertiary/aromatic N) is 1. The van der Waals surface area contributed by atoms with Gasteiger partial charge in [0.2, 0.25) is 11.8 Å². The fourth-order valence-corrected chi connectivity index (χ4v) is 2.54. The Hall–Kier alpha value is -1.17. The number of hydrogen-bond donors (Lipinski definition) is 2. The number of carbonyl (C=O) groups is 2. The summed E-state index contributed by atoms with van der Waals surface area (Å²) in [6.45, 7) is 0.0830.